The number of hydrogen-bond donors (Lipinski definition) is 1. The molecule has 22 heavy (non-hydrogen) atoms. The second-order valence-corrected chi connectivity index (χ2v) is 6.35. The van der Waals surface area contributed by atoms with Crippen LogP contribution in [0, 0.1) is 0 Å². The van der Waals surface area contributed by atoms with Gasteiger partial charge in [0.25, 0.3) is 0 Å². The van der Waals surface area contributed by atoms with Gasteiger partial charge in [-0.25, -0.2) is 4.79 Å². The fourth-order valence-electron chi connectivity index (χ4n) is 3.13. The van der Waals surface area contributed by atoms with Crippen LogP contribution in [-0.4, -0.2) is 54.2 Å². The first-order valence-corrected chi connectivity index (χ1v) is 7.89. The average Bonchev–Trinajstić information content (AvgIpc) is 2.41. The van der Waals surface area contributed by atoms with E-state index in [-0.39, 0.29) is 6.03 Å². The summed E-state index contributed by atoms with van der Waals surface area (Å²) in [6.45, 7) is 10.4. The zero-order chi connectivity index (χ0) is 16.3. The lowest BCUT2D eigenvalue weighted by Gasteiger charge is -2.48. The topological polar surface area (TPSA) is 44.8 Å². The molecule has 2 amide bonds. The van der Waals surface area contributed by atoms with Gasteiger partial charge in [-0.05, 0) is 52.0 Å². The Hall–Kier alpha value is -1.75. The van der Waals surface area contributed by atoms with Gasteiger partial charge >= 0.3 is 6.03 Å². The number of ether oxygens (including phenoxy) is 1. The first kappa shape index (κ1) is 16.6. The fourth-order valence-corrected chi connectivity index (χ4v) is 3.13. The molecule has 5 nitrogen and oxygen atoms in total. The van der Waals surface area contributed by atoms with Crippen molar-refractivity contribution in [2.75, 3.05) is 25.5 Å². The number of likely N-dealkylation sites (tertiary alicyclic amines) is 1. The third kappa shape index (κ3) is 3.71. The Bertz CT molecular complexity index is 485. The molecular formula is C17H27N3O2. The van der Waals surface area contributed by atoms with Gasteiger partial charge in [0.1, 0.15) is 5.75 Å². The maximum atomic E-state index is 12.2. The van der Waals surface area contributed by atoms with Crippen molar-refractivity contribution in [1.29, 1.82) is 0 Å². The molecule has 0 aliphatic carbocycles. The SMILES string of the molecule is COc1ccc(NC(=O)N2CC(N(C(C)C)C(C)C)C2)cc1. The van der Waals surface area contributed by atoms with E-state index in [1.807, 2.05) is 29.2 Å². The number of nitrogens with zero attached hydrogens (tertiary/aromatic N) is 2. The van der Waals surface area contributed by atoms with Gasteiger partial charge in [0.05, 0.1) is 7.11 Å². The Balaban J connectivity index is 1.85. The van der Waals surface area contributed by atoms with Crippen molar-refractivity contribution < 1.29 is 9.53 Å². The Morgan fingerprint density at radius 3 is 2.18 bits per heavy atom. The number of carbonyl (C=O) groups excluding carboxylic acids is 1. The van der Waals surface area contributed by atoms with E-state index >= 15 is 0 Å². The number of nitrogens with one attached hydrogen (secondary N) is 1. The highest BCUT2D eigenvalue weighted by Gasteiger charge is 2.36. The second-order valence-electron chi connectivity index (χ2n) is 6.35. The standard InChI is InChI=1S/C17H27N3O2/c1-12(2)20(13(3)4)15-10-19(11-15)17(21)18-14-6-8-16(22-5)9-7-14/h6-9,12-13,15H,10-11H2,1-5H3,(H,18,21). The lowest BCUT2D eigenvalue weighted by Crippen LogP contribution is -2.64. The van der Waals surface area contributed by atoms with Crippen LogP contribution in [0.1, 0.15) is 27.7 Å². The van der Waals surface area contributed by atoms with Gasteiger partial charge in [0.15, 0.2) is 0 Å². The summed E-state index contributed by atoms with van der Waals surface area (Å²) in [4.78, 5) is 16.5. The predicted molar refractivity (Wildman–Crippen MR) is 89.5 cm³/mol. The van der Waals surface area contributed by atoms with Crippen LogP contribution in [0.5, 0.6) is 5.75 Å². The van der Waals surface area contributed by atoms with Gasteiger partial charge < -0.3 is 15.0 Å². The minimum Gasteiger partial charge on any atom is -0.497 e. The van der Waals surface area contributed by atoms with Crippen molar-refractivity contribution >= 4 is 11.7 Å². The third-order valence-corrected chi connectivity index (χ3v) is 4.10. The number of amides is 2. The van der Waals surface area contributed by atoms with Crippen LogP contribution in [0.15, 0.2) is 24.3 Å². The zero-order valence-electron chi connectivity index (χ0n) is 14.2. The van der Waals surface area contributed by atoms with E-state index in [1.54, 1.807) is 7.11 Å². The molecule has 1 fully saturated rings. The Morgan fingerprint density at radius 2 is 1.73 bits per heavy atom. The molecular weight excluding hydrogens is 278 g/mol. The number of rotatable bonds is 5. The van der Waals surface area contributed by atoms with Crippen LogP contribution >= 0.6 is 0 Å². The Labute approximate surface area is 133 Å². The lowest BCUT2D eigenvalue weighted by molar-refractivity contribution is 0.0202. The quantitative estimate of drug-likeness (QED) is 0.909. The molecule has 1 saturated heterocycles. The van der Waals surface area contributed by atoms with E-state index in [0.29, 0.717) is 18.1 Å². The molecule has 0 spiro atoms. The molecule has 0 aromatic heterocycles. The molecule has 5 heteroatoms. The number of urea groups is 1. The smallest absolute Gasteiger partial charge is 0.321 e. The summed E-state index contributed by atoms with van der Waals surface area (Å²) in [5.74, 6) is 0.784. The maximum absolute atomic E-state index is 12.2. The van der Waals surface area contributed by atoms with E-state index in [1.165, 1.54) is 0 Å². The monoisotopic (exact) mass is 305 g/mol. The van der Waals surface area contributed by atoms with Crippen molar-refractivity contribution in [3.8, 4) is 5.75 Å². The molecule has 2 rings (SSSR count). The van der Waals surface area contributed by atoms with E-state index in [9.17, 15) is 4.79 Å². The van der Waals surface area contributed by atoms with Crippen LogP contribution in [0.4, 0.5) is 10.5 Å². The molecule has 1 heterocycles. The number of benzene rings is 1. The molecule has 0 bridgehead atoms. The van der Waals surface area contributed by atoms with Gasteiger partial charge in [-0.2, -0.15) is 0 Å². The minimum atomic E-state index is -0.0334. The van der Waals surface area contributed by atoms with Crippen LogP contribution in [0.2, 0.25) is 0 Å². The highest BCUT2D eigenvalue weighted by atomic mass is 16.5. The van der Waals surface area contributed by atoms with Crippen LogP contribution in [0.3, 0.4) is 0 Å². The molecule has 0 unspecified atom stereocenters. The van der Waals surface area contributed by atoms with Gasteiger partial charge in [0.2, 0.25) is 0 Å². The number of carbonyl (C=O) groups is 1. The number of anilines is 1. The summed E-state index contributed by atoms with van der Waals surface area (Å²) in [6, 6.07) is 8.80. The molecule has 1 aliphatic heterocycles. The number of hydrogen-bond acceptors (Lipinski definition) is 3. The van der Waals surface area contributed by atoms with Crippen LogP contribution in [0.25, 0.3) is 0 Å². The normalized spacial score (nSPS) is 15.4. The van der Waals surface area contributed by atoms with E-state index in [2.05, 4.69) is 37.9 Å². The zero-order valence-corrected chi connectivity index (χ0v) is 14.2. The lowest BCUT2D eigenvalue weighted by atomic mass is 10.0. The molecule has 1 aliphatic rings. The second kappa shape index (κ2) is 7.01. The molecule has 122 valence electrons. The van der Waals surface area contributed by atoms with E-state index < -0.39 is 0 Å². The first-order valence-electron chi connectivity index (χ1n) is 7.89. The Kier molecular flexibility index (Phi) is 5.29. The molecule has 0 atom stereocenters. The van der Waals surface area contributed by atoms with Crippen LogP contribution in [-0.2, 0) is 0 Å². The summed E-state index contributed by atoms with van der Waals surface area (Å²) >= 11 is 0. The summed E-state index contributed by atoms with van der Waals surface area (Å²) in [5, 5.41) is 2.93. The summed E-state index contributed by atoms with van der Waals surface area (Å²) < 4.78 is 5.11. The molecule has 0 radical (unpaired) electrons. The van der Waals surface area contributed by atoms with Crippen molar-refractivity contribution in [2.45, 2.75) is 45.8 Å². The molecule has 0 saturated carbocycles. The van der Waals surface area contributed by atoms with Crippen molar-refractivity contribution in [2.24, 2.45) is 0 Å². The fraction of sp³-hybridized carbons (Fsp3) is 0.588. The van der Waals surface area contributed by atoms with Gasteiger partial charge in [0, 0.05) is 36.9 Å². The highest BCUT2D eigenvalue weighted by Crippen LogP contribution is 2.22. The van der Waals surface area contributed by atoms with Gasteiger partial charge in [-0.3, -0.25) is 4.90 Å². The van der Waals surface area contributed by atoms with E-state index in [0.717, 1.165) is 24.5 Å². The summed E-state index contributed by atoms with van der Waals surface area (Å²) in [7, 11) is 1.63. The highest BCUT2D eigenvalue weighted by molar-refractivity contribution is 5.90. The molecule has 1 aromatic rings. The van der Waals surface area contributed by atoms with Gasteiger partial charge in [-0.15, -0.1) is 0 Å². The maximum Gasteiger partial charge on any atom is 0.321 e. The van der Waals surface area contributed by atoms with E-state index in [4.69, 9.17) is 4.74 Å². The Morgan fingerprint density at radius 1 is 1.18 bits per heavy atom. The van der Waals surface area contributed by atoms with Crippen molar-refractivity contribution in [3.05, 3.63) is 24.3 Å². The third-order valence-electron chi connectivity index (χ3n) is 4.10. The molecule has 1 N–H and O–H groups in total. The van der Waals surface area contributed by atoms with Crippen molar-refractivity contribution in [3.63, 3.8) is 0 Å². The summed E-state index contributed by atoms with van der Waals surface area (Å²) in [5.41, 5.74) is 0.791. The minimum absolute atomic E-state index is 0.0334. The van der Waals surface area contributed by atoms with Crippen LogP contribution < -0.4 is 10.1 Å². The average molecular weight is 305 g/mol. The predicted octanol–water partition coefficient (Wildman–Crippen LogP) is 3.03. The van der Waals surface area contributed by atoms with Gasteiger partial charge in [-0.1, -0.05) is 0 Å². The number of methoxy groups -OCH3 is 1. The summed E-state index contributed by atoms with van der Waals surface area (Å²) in [6.07, 6.45) is 0. The molecule has 1 aromatic carbocycles. The largest absolute Gasteiger partial charge is 0.497 e. The first-order chi connectivity index (χ1) is 10.4. The van der Waals surface area contributed by atoms with Crippen molar-refractivity contribution in [1.82, 2.24) is 9.80 Å².